The summed E-state index contributed by atoms with van der Waals surface area (Å²) in [6.45, 7) is 1.93. The molecule has 0 fully saturated rings. The fourth-order valence-corrected chi connectivity index (χ4v) is 2.56. The standard InChI is InChI=1S/C18H17N3O3/c1-11-6-8-12(9-7-11)14(18(23)24)10-19-17(22)16-13-4-2-3-5-15(13)20-21-16/h2-9,14H,10H2,1H3,(H,19,22)(H,20,21)(H,23,24). The summed E-state index contributed by atoms with van der Waals surface area (Å²) in [4.78, 5) is 23.9. The number of aliphatic carboxylic acids is 1. The summed E-state index contributed by atoms with van der Waals surface area (Å²) in [7, 11) is 0. The molecule has 24 heavy (non-hydrogen) atoms. The second kappa shape index (κ2) is 6.54. The monoisotopic (exact) mass is 323 g/mol. The molecule has 0 spiro atoms. The predicted molar refractivity (Wildman–Crippen MR) is 90.0 cm³/mol. The van der Waals surface area contributed by atoms with Gasteiger partial charge in [-0.15, -0.1) is 0 Å². The number of aryl methyl sites for hydroxylation is 1. The highest BCUT2D eigenvalue weighted by atomic mass is 16.4. The highest BCUT2D eigenvalue weighted by Crippen LogP contribution is 2.18. The maximum atomic E-state index is 12.3. The number of fused-ring (bicyclic) bond motifs is 1. The Bertz CT molecular complexity index is 884. The van der Waals surface area contributed by atoms with E-state index in [0.29, 0.717) is 10.9 Å². The Labute approximate surface area is 138 Å². The molecule has 0 saturated heterocycles. The van der Waals surface area contributed by atoms with Gasteiger partial charge in [-0.3, -0.25) is 14.7 Å². The number of carbonyl (C=O) groups is 2. The predicted octanol–water partition coefficient (Wildman–Crippen LogP) is 2.47. The molecule has 1 unspecified atom stereocenters. The van der Waals surface area contributed by atoms with Gasteiger partial charge in [-0.1, -0.05) is 48.0 Å². The van der Waals surface area contributed by atoms with Crippen molar-refractivity contribution in [1.82, 2.24) is 15.5 Å². The van der Waals surface area contributed by atoms with Crippen molar-refractivity contribution in [2.45, 2.75) is 12.8 Å². The number of H-pyrrole nitrogens is 1. The zero-order valence-electron chi connectivity index (χ0n) is 13.1. The molecule has 0 saturated carbocycles. The normalized spacial score (nSPS) is 12.0. The van der Waals surface area contributed by atoms with E-state index >= 15 is 0 Å². The molecule has 3 aromatic rings. The number of para-hydroxylation sites is 1. The van der Waals surface area contributed by atoms with Crippen LogP contribution in [0.5, 0.6) is 0 Å². The van der Waals surface area contributed by atoms with Crippen LogP contribution in [0.3, 0.4) is 0 Å². The summed E-state index contributed by atoms with van der Waals surface area (Å²) in [5.74, 6) is -2.18. The summed E-state index contributed by atoms with van der Waals surface area (Å²) in [6.07, 6.45) is 0. The minimum Gasteiger partial charge on any atom is -0.481 e. The lowest BCUT2D eigenvalue weighted by Gasteiger charge is -2.13. The second-order valence-corrected chi connectivity index (χ2v) is 5.63. The van der Waals surface area contributed by atoms with Gasteiger partial charge >= 0.3 is 5.97 Å². The van der Waals surface area contributed by atoms with E-state index in [1.54, 1.807) is 18.2 Å². The molecule has 122 valence electrons. The van der Waals surface area contributed by atoms with E-state index in [-0.39, 0.29) is 12.2 Å². The lowest BCUT2D eigenvalue weighted by Crippen LogP contribution is -2.32. The topological polar surface area (TPSA) is 95.1 Å². The molecule has 0 radical (unpaired) electrons. The maximum Gasteiger partial charge on any atom is 0.312 e. The van der Waals surface area contributed by atoms with Gasteiger partial charge in [-0.2, -0.15) is 5.10 Å². The van der Waals surface area contributed by atoms with E-state index in [2.05, 4.69) is 15.5 Å². The molecule has 1 heterocycles. The number of carbonyl (C=O) groups excluding carboxylic acids is 1. The number of hydrogen-bond donors (Lipinski definition) is 3. The fraction of sp³-hybridized carbons (Fsp3) is 0.167. The Hall–Kier alpha value is -3.15. The van der Waals surface area contributed by atoms with Crippen molar-refractivity contribution in [2.24, 2.45) is 0 Å². The third kappa shape index (κ3) is 3.12. The van der Waals surface area contributed by atoms with Crippen LogP contribution in [-0.4, -0.2) is 33.7 Å². The van der Waals surface area contributed by atoms with Crippen molar-refractivity contribution >= 4 is 22.8 Å². The van der Waals surface area contributed by atoms with Gasteiger partial charge in [0.05, 0.1) is 11.4 Å². The molecule has 2 aromatic carbocycles. The van der Waals surface area contributed by atoms with Crippen LogP contribution in [0, 0.1) is 6.92 Å². The van der Waals surface area contributed by atoms with Crippen LogP contribution in [0.25, 0.3) is 10.9 Å². The van der Waals surface area contributed by atoms with E-state index in [0.717, 1.165) is 11.1 Å². The average Bonchev–Trinajstić information content (AvgIpc) is 3.00. The lowest BCUT2D eigenvalue weighted by atomic mass is 9.98. The van der Waals surface area contributed by atoms with Crippen molar-refractivity contribution in [3.05, 3.63) is 65.4 Å². The van der Waals surface area contributed by atoms with Crippen LogP contribution < -0.4 is 5.32 Å². The van der Waals surface area contributed by atoms with Crippen LogP contribution in [0.15, 0.2) is 48.5 Å². The Kier molecular flexibility index (Phi) is 4.29. The molecule has 0 aliphatic rings. The summed E-state index contributed by atoms with van der Waals surface area (Å²) in [5, 5.41) is 19.6. The summed E-state index contributed by atoms with van der Waals surface area (Å²) < 4.78 is 0. The first-order valence-electron chi connectivity index (χ1n) is 7.57. The van der Waals surface area contributed by atoms with Crippen LogP contribution in [0.1, 0.15) is 27.5 Å². The zero-order chi connectivity index (χ0) is 17.1. The molecule has 1 atom stereocenters. The highest BCUT2D eigenvalue weighted by Gasteiger charge is 2.22. The Morgan fingerprint density at radius 1 is 1.17 bits per heavy atom. The van der Waals surface area contributed by atoms with Gasteiger partial charge in [-0.25, -0.2) is 0 Å². The Morgan fingerprint density at radius 3 is 2.58 bits per heavy atom. The van der Waals surface area contributed by atoms with Crippen molar-refractivity contribution < 1.29 is 14.7 Å². The lowest BCUT2D eigenvalue weighted by molar-refractivity contribution is -0.138. The summed E-state index contributed by atoms with van der Waals surface area (Å²) in [6, 6.07) is 14.5. The van der Waals surface area contributed by atoms with E-state index < -0.39 is 17.8 Å². The third-order valence-electron chi connectivity index (χ3n) is 3.93. The molecule has 6 heteroatoms. The third-order valence-corrected chi connectivity index (χ3v) is 3.93. The number of carboxylic acid groups (broad SMARTS) is 1. The molecule has 0 aliphatic carbocycles. The van der Waals surface area contributed by atoms with Gasteiger partial charge in [0, 0.05) is 11.9 Å². The summed E-state index contributed by atoms with van der Waals surface area (Å²) in [5.41, 5.74) is 2.73. The molecule has 0 bridgehead atoms. The Morgan fingerprint density at radius 2 is 1.88 bits per heavy atom. The number of aromatic nitrogens is 2. The highest BCUT2D eigenvalue weighted by molar-refractivity contribution is 6.04. The molecule has 1 aromatic heterocycles. The van der Waals surface area contributed by atoms with Gasteiger partial charge < -0.3 is 10.4 Å². The SMILES string of the molecule is Cc1ccc(C(CNC(=O)c2n[nH]c3ccccc23)C(=O)O)cc1. The van der Waals surface area contributed by atoms with E-state index in [1.165, 1.54) is 0 Å². The first-order valence-corrected chi connectivity index (χ1v) is 7.57. The number of nitrogens with zero attached hydrogens (tertiary/aromatic N) is 1. The van der Waals surface area contributed by atoms with Gasteiger partial charge in [-0.05, 0) is 18.6 Å². The molecule has 3 N–H and O–H groups in total. The minimum atomic E-state index is -0.981. The number of nitrogens with one attached hydrogen (secondary N) is 2. The number of aromatic amines is 1. The molecular weight excluding hydrogens is 306 g/mol. The van der Waals surface area contributed by atoms with Crippen LogP contribution in [-0.2, 0) is 4.79 Å². The number of hydrogen-bond acceptors (Lipinski definition) is 3. The second-order valence-electron chi connectivity index (χ2n) is 5.63. The van der Waals surface area contributed by atoms with Crippen molar-refractivity contribution in [3.8, 4) is 0 Å². The van der Waals surface area contributed by atoms with Crippen LogP contribution >= 0.6 is 0 Å². The molecule has 3 rings (SSSR count). The smallest absolute Gasteiger partial charge is 0.312 e. The van der Waals surface area contributed by atoms with Gasteiger partial charge in [0.25, 0.3) is 5.91 Å². The van der Waals surface area contributed by atoms with E-state index in [9.17, 15) is 14.7 Å². The number of benzene rings is 2. The van der Waals surface area contributed by atoms with E-state index in [1.807, 2.05) is 37.3 Å². The molecule has 6 nitrogen and oxygen atoms in total. The fourth-order valence-electron chi connectivity index (χ4n) is 2.56. The van der Waals surface area contributed by atoms with Crippen molar-refractivity contribution in [1.29, 1.82) is 0 Å². The summed E-state index contributed by atoms with van der Waals surface area (Å²) >= 11 is 0. The average molecular weight is 323 g/mol. The Balaban J connectivity index is 1.76. The number of rotatable bonds is 5. The minimum absolute atomic E-state index is 0.00157. The van der Waals surface area contributed by atoms with Crippen LogP contribution in [0.2, 0.25) is 0 Å². The van der Waals surface area contributed by atoms with Crippen LogP contribution in [0.4, 0.5) is 0 Å². The largest absolute Gasteiger partial charge is 0.481 e. The van der Waals surface area contributed by atoms with Crippen molar-refractivity contribution in [3.63, 3.8) is 0 Å². The maximum absolute atomic E-state index is 12.3. The quantitative estimate of drug-likeness (QED) is 0.672. The van der Waals surface area contributed by atoms with Gasteiger partial charge in [0.1, 0.15) is 0 Å². The van der Waals surface area contributed by atoms with Gasteiger partial charge in [0.15, 0.2) is 5.69 Å². The molecular formula is C18H17N3O3. The first kappa shape index (κ1) is 15.7. The number of carboxylic acids is 1. The first-order chi connectivity index (χ1) is 11.6. The van der Waals surface area contributed by atoms with Gasteiger partial charge in [0.2, 0.25) is 0 Å². The molecule has 1 amide bonds. The number of amides is 1. The van der Waals surface area contributed by atoms with Crippen molar-refractivity contribution in [2.75, 3.05) is 6.54 Å². The zero-order valence-corrected chi connectivity index (χ0v) is 13.1. The van der Waals surface area contributed by atoms with E-state index in [4.69, 9.17) is 0 Å². The molecule has 0 aliphatic heterocycles.